The average molecular weight is 377 g/mol. The van der Waals surface area contributed by atoms with E-state index in [1.54, 1.807) is 0 Å². The van der Waals surface area contributed by atoms with Gasteiger partial charge in [0.1, 0.15) is 5.82 Å². The third-order valence-corrected chi connectivity index (χ3v) is 5.74. The van der Waals surface area contributed by atoms with Crippen LogP contribution >= 0.6 is 0 Å². The maximum atomic E-state index is 12.7. The van der Waals surface area contributed by atoms with Gasteiger partial charge in [-0.25, -0.2) is 0 Å². The van der Waals surface area contributed by atoms with Crippen LogP contribution in [-0.2, 0) is 26.6 Å². The van der Waals surface area contributed by atoms with E-state index in [9.17, 15) is 4.79 Å². The van der Waals surface area contributed by atoms with Gasteiger partial charge in [-0.2, -0.15) is 5.10 Å². The van der Waals surface area contributed by atoms with Gasteiger partial charge in [-0.05, 0) is 24.0 Å². The van der Waals surface area contributed by atoms with Crippen molar-refractivity contribution in [2.75, 3.05) is 18.4 Å². The van der Waals surface area contributed by atoms with E-state index in [-0.39, 0.29) is 5.91 Å². The minimum absolute atomic E-state index is 0.200. The Morgan fingerprint density at radius 2 is 1.96 bits per heavy atom. The molecule has 0 unspecified atom stereocenters. The molecule has 1 fully saturated rings. The molecule has 2 aliphatic heterocycles. The number of nitrogens with one attached hydrogen (secondary N) is 1. The minimum atomic E-state index is -0.200. The van der Waals surface area contributed by atoms with E-state index in [2.05, 4.69) is 31.7 Å². The molecule has 1 N–H and O–H groups in total. The number of para-hydroxylation sites is 1. The average Bonchev–Trinajstić information content (AvgIpc) is 3.38. The lowest BCUT2D eigenvalue weighted by atomic mass is 9.89. The van der Waals surface area contributed by atoms with Gasteiger partial charge in [0.25, 0.3) is 5.91 Å². The first-order valence-electron chi connectivity index (χ1n) is 9.64. The Morgan fingerprint density at radius 3 is 2.75 bits per heavy atom. The zero-order chi connectivity index (χ0) is 19.1. The quantitative estimate of drug-likeness (QED) is 0.746. The van der Waals surface area contributed by atoms with Crippen LogP contribution in [-0.4, -0.2) is 48.4 Å². The Hall–Kier alpha value is -3.00. The third-order valence-electron chi connectivity index (χ3n) is 5.74. The smallest absolute Gasteiger partial charge is 0.293 e. The van der Waals surface area contributed by atoms with E-state index < -0.39 is 0 Å². The van der Waals surface area contributed by atoms with Gasteiger partial charge in [-0.1, -0.05) is 18.2 Å². The summed E-state index contributed by atoms with van der Waals surface area (Å²) in [6, 6.07) is 9.46. The molecular weight excluding hydrogens is 354 g/mol. The second-order valence-electron chi connectivity index (χ2n) is 7.81. The molecule has 28 heavy (non-hydrogen) atoms. The third kappa shape index (κ3) is 3.20. The van der Waals surface area contributed by atoms with E-state index in [4.69, 9.17) is 0 Å². The monoisotopic (exact) mass is 377 g/mol. The summed E-state index contributed by atoms with van der Waals surface area (Å²) in [5, 5.41) is 15.7. The van der Waals surface area contributed by atoms with Crippen LogP contribution < -0.4 is 5.32 Å². The molecule has 4 heterocycles. The highest BCUT2D eigenvalue weighted by molar-refractivity contribution is 6.01. The summed E-state index contributed by atoms with van der Waals surface area (Å²) in [5.41, 5.74) is 2.01. The highest BCUT2D eigenvalue weighted by Gasteiger charge is 2.39. The fourth-order valence-corrected chi connectivity index (χ4v) is 4.44. The van der Waals surface area contributed by atoms with Gasteiger partial charge < -0.3 is 9.88 Å². The lowest BCUT2D eigenvalue weighted by molar-refractivity contribution is 0.100. The van der Waals surface area contributed by atoms with E-state index in [0.717, 1.165) is 44.1 Å². The van der Waals surface area contributed by atoms with Gasteiger partial charge in [0.05, 0.1) is 6.20 Å². The topological polar surface area (TPSA) is 80.9 Å². The van der Waals surface area contributed by atoms with E-state index >= 15 is 0 Å². The van der Waals surface area contributed by atoms with Gasteiger partial charge in [0, 0.05) is 57.1 Å². The largest absolute Gasteiger partial charge is 0.319 e. The van der Waals surface area contributed by atoms with Crippen LogP contribution in [0.25, 0.3) is 0 Å². The van der Waals surface area contributed by atoms with Crippen molar-refractivity contribution in [3.63, 3.8) is 0 Å². The van der Waals surface area contributed by atoms with Crippen molar-refractivity contribution in [2.24, 2.45) is 18.9 Å². The number of likely N-dealkylation sites (tertiary alicyclic amines) is 1. The van der Waals surface area contributed by atoms with Crippen LogP contribution in [0, 0.1) is 11.8 Å². The van der Waals surface area contributed by atoms with Crippen LogP contribution in [0.5, 0.6) is 0 Å². The summed E-state index contributed by atoms with van der Waals surface area (Å²) in [7, 11) is 1.95. The lowest BCUT2D eigenvalue weighted by Gasteiger charge is -2.25. The maximum Gasteiger partial charge on any atom is 0.293 e. The van der Waals surface area contributed by atoms with E-state index in [1.165, 1.54) is 5.56 Å². The first-order valence-corrected chi connectivity index (χ1v) is 9.64. The fourth-order valence-electron chi connectivity index (χ4n) is 4.44. The van der Waals surface area contributed by atoms with Crippen molar-refractivity contribution in [2.45, 2.75) is 19.5 Å². The molecule has 0 saturated carbocycles. The predicted octanol–water partition coefficient (Wildman–Crippen LogP) is 1.57. The second-order valence-corrected chi connectivity index (χ2v) is 7.81. The van der Waals surface area contributed by atoms with Crippen molar-refractivity contribution >= 4 is 11.6 Å². The van der Waals surface area contributed by atoms with Crippen LogP contribution in [0.4, 0.5) is 5.69 Å². The van der Waals surface area contributed by atoms with Crippen molar-refractivity contribution in [3.05, 3.63) is 59.9 Å². The summed E-state index contributed by atoms with van der Waals surface area (Å²) in [5.74, 6) is 2.21. The summed E-state index contributed by atoms with van der Waals surface area (Å²) < 4.78 is 3.85. The number of aromatic nitrogens is 5. The Morgan fingerprint density at radius 1 is 1.14 bits per heavy atom. The molecule has 2 atom stereocenters. The number of rotatable bonds is 4. The number of anilines is 1. The number of fused-ring (bicyclic) bond motifs is 2. The number of amides is 1. The second kappa shape index (κ2) is 6.87. The van der Waals surface area contributed by atoms with E-state index in [0.29, 0.717) is 17.7 Å². The molecule has 0 aliphatic carbocycles. The van der Waals surface area contributed by atoms with Gasteiger partial charge >= 0.3 is 0 Å². The van der Waals surface area contributed by atoms with Gasteiger partial charge in [-0.15, -0.1) is 10.2 Å². The number of hydrogen-bond acceptors (Lipinski definition) is 5. The maximum absolute atomic E-state index is 12.7. The number of benzene rings is 1. The molecule has 5 rings (SSSR count). The lowest BCUT2D eigenvalue weighted by Crippen LogP contribution is -2.31. The first-order chi connectivity index (χ1) is 13.7. The normalized spacial score (nSPS) is 21.3. The molecule has 8 nitrogen and oxygen atoms in total. The van der Waals surface area contributed by atoms with Crippen LogP contribution in [0.1, 0.15) is 22.0 Å². The highest BCUT2D eigenvalue weighted by Crippen LogP contribution is 2.33. The molecule has 1 saturated heterocycles. The molecule has 144 valence electrons. The number of aryl methyl sites for hydroxylation is 1. The Kier molecular flexibility index (Phi) is 4.20. The molecule has 2 aliphatic rings. The Balaban J connectivity index is 1.28. The van der Waals surface area contributed by atoms with Crippen LogP contribution in [0.2, 0.25) is 0 Å². The number of carbonyl (C=O) groups is 1. The van der Waals surface area contributed by atoms with Crippen molar-refractivity contribution in [1.29, 1.82) is 0 Å². The SMILES string of the molecule is Cn1cc(CN2C[C@H]3Cc4nnc(C(=O)Nc5ccccc5)n4C[C@H]3C2)cn1. The number of carbonyl (C=O) groups excluding carboxylic acids is 1. The molecule has 1 aromatic carbocycles. The van der Waals surface area contributed by atoms with Gasteiger partial charge in [0.15, 0.2) is 0 Å². The molecule has 0 radical (unpaired) electrons. The standard InChI is InChI=1S/C20H23N7O/c1-25-9-14(8-21-25)10-26-11-15-7-18-23-24-19(27(18)13-16(15)12-26)20(28)22-17-5-3-2-4-6-17/h2-6,8-9,15-16H,7,10-13H2,1H3,(H,22,28)/t15-,16-/m1/s1. The molecule has 1 amide bonds. The first kappa shape index (κ1) is 17.1. The Bertz CT molecular complexity index is 993. The van der Waals surface area contributed by atoms with Crippen molar-refractivity contribution in [1.82, 2.24) is 29.4 Å². The fraction of sp³-hybridized carbons (Fsp3) is 0.400. The van der Waals surface area contributed by atoms with Crippen molar-refractivity contribution < 1.29 is 4.79 Å². The Labute approximate surface area is 163 Å². The van der Waals surface area contributed by atoms with E-state index in [1.807, 2.05) is 52.8 Å². The summed E-state index contributed by atoms with van der Waals surface area (Å²) in [4.78, 5) is 15.2. The zero-order valence-electron chi connectivity index (χ0n) is 15.8. The molecule has 0 bridgehead atoms. The van der Waals surface area contributed by atoms with Crippen LogP contribution in [0.15, 0.2) is 42.7 Å². The summed E-state index contributed by atoms with van der Waals surface area (Å²) >= 11 is 0. The van der Waals surface area contributed by atoms with Gasteiger partial charge in [0.2, 0.25) is 5.82 Å². The zero-order valence-corrected chi connectivity index (χ0v) is 15.8. The number of hydrogen-bond donors (Lipinski definition) is 1. The molecule has 3 aromatic rings. The molecule has 2 aromatic heterocycles. The summed E-state index contributed by atoms with van der Waals surface area (Å²) in [6.45, 7) is 3.80. The molecule has 0 spiro atoms. The molecular formula is C20H23N7O. The summed E-state index contributed by atoms with van der Waals surface area (Å²) in [6.07, 6.45) is 4.88. The van der Waals surface area contributed by atoms with Gasteiger partial charge in [-0.3, -0.25) is 14.4 Å². The predicted molar refractivity (Wildman–Crippen MR) is 104 cm³/mol. The van der Waals surface area contributed by atoms with Crippen LogP contribution in [0.3, 0.4) is 0 Å². The minimum Gasteiger partial charge on any atom is -0.319 e. The van der Waals surface area contributed by atoms with Crippen molar-refractivity contribution in [3.8, 4) is 0 Å². The number of nitrogens with zero attached hydrogens (tertiary/aromatic N) is 6. The molecule has 8 heteroatoms. The highest BCUT2D eigenvalue weighted by atomic mass is 16.2.